The van der Waals surface area contributed by atoms with Crippen LogP contribution in [0.2, 0.25) is 0 Å². The summed E-state index contributed by atoms with van der Waals surface area (Å²) in [4.78, 5) is 10.8. The van der Waals surface area contributed by atoms with E-state index in [1.165, 1.54) is 26.2 Å². The van der Waals surface area contributed by atoms with Crippen LogP contribution in [0, 0.1) is 0 Å². The molecule has 1 N–H and O–H groups in total. The number of nitrogens with one attached hydrogen (secondary N) is 1. The molecule has 0 aliphatic carbocycles. The third-order valence-corrected chi connectivity index (χ3v) is 2.19. The minimum absolute atomic E-state index is 0.00643. The SMILES string of the molecule is CC(=O)NC(C)N1CCCCC[N]1. The van der Waals surface area contributed by atoms with Crippen molar-refractivity contribution in [2.45, 2.75) is 39.3 Å². The van der Waals surface area contributed by atoms with Crippen molar-refractivity contribution in [2.24, 2.45) is 0 Å². The summed E-state index contributed by atoms with van der Waals surface area (Å²) in [5.74, 6) is 0.00643. The maximum Gasteiger partial charge on any atom is 0.218 e. The van der Waals surface area contributed by atoms with E-state index in [2.05, 4.69) is 10.7 Å². The molecule has 1 rings (SSSR count). The number of carbonyl (C=O) groups is 1. The predicted octanol–water partition coefficient (Wildman–Crippen LogP) is 0.474. The van der Waals surface area contributed by atoms with E-state index in [9.17, 15) is 4.79 Å². The van der Waals surface area contributed by atoms with Gasteiger partial charge in [0.2, 0.25) is 5.91 Å². The van der Waals surface area contributed by atoms with E-state index >= 15 is 0 Å². The van der Waals surface area contributed by atoms with E-state index in [4.69, 9.17) is 0 Å². The highest BCUT2D eigenvalue weighted by atomic mass is 16.1. The molecule has 4 nitrogen and oxygen atoms in total. The quantitative estimate of drug-likeness (QED) is 0.678. The van der Waals surface area contributed by atoms with Gasteiger partial charge in [0.05, 0.1) is 6.17 Å². The Bertz CT molecular complexity index is 164. The van der Waals surface area contributed by atoms with Gasteiger partial charge in [-0.15, -0.1) is 0 Å². The molecule has 1 aliphatic rings. The fourth-order valence-corrected chi connectivity index (χ4v) is 1.52. The van der Waals surface area contributed by atoms with Crippen molar-refractivity contribution in [2.75, 3.05) is 13.1 Å². The van der Waals surface area contributed by atoms with Crippen molar-refractivity contribution in [3.8, 4) is 0 Å². The van der Waals surface area contributed by atoms with Gasteiger partial charge in [-0.2, -0.15) is 5.43 Å². The highest BCUT2D eigenvalue weighted by molar-refractivity contribution is 5.73. The van der Waals surface area contributed by atoms with Gasteiger partial charge in [0.15, 0.2) is 0 Å². The van der Waals surface area contributed by atoms with Crippen LogP contribution in [-0.4, -0.2) is 30.2 Å². The standard InChI is InChI=1S/C9H18N3O/c1-8(11-9(2)13)12-7-5-3-4-6-10-12/h8H,3-7H2,1-2H3,(H,11,13). The number of carbonyl (C=O) groups excluding carboxylic acids is 1. The summed E-state index contributed by atoms with van der Waals surface area (Å²) in [6.07, 6.45) is 3.62. The van der Waals surface area contributed by atoms with E-state index in [1.54, 1.807) is 0 Å². The van der Waals surface area contributed by atoms with E-state index < -0.39 is 0 Å². The number of rotatable bonds is 2. The molecule has 0 saturated carbocycles. The highest BCUT2D eigenvalue weighted by Crippen LogP contribution is 2.05. The Morgan fingerprint density at radius 2 is 2.23 bits per heavy atom. The molecule has 0 aromatic rings. The summed E-state index contributed by atoms with van der Waals surface area (Å²) in [6, 6.07) is 0. The first-order valence-electron chi connectivity index (χ1n) is 4.91. The van der Waals surface area contributed by atoms with Crippen LogP contribution in [-0.2, 0) is 4.79 Å². The second kappa shape index (κ2) is 5.19. The van der Waals surface area contributed by atoms with Crippen molar-refractivity contribution < 1.29 is 4.79 Å². The molecule has 75 valence electrons. The molecule has 0 aromatic carbocycles. The first-order chi connectivity index (χ1) is 6.20. The number of nitrogens with zero attached hydrogens (tertiary/aromatic N) is 2. The summed E-state index contributed by atoms with van der Waals surface area (Å²) >= 11 is 0. The van der Waals surface area contributed by atoms with E-state index in [0.29, 0.717) is 0 Å². The Morgan fingerprint density at radius 1 is 1.46 bits per heavy atom. The van der Waals surface area contributed by atoms with Gasteiger partial charge in [0, 0.05) is 20.0 Å². The zero-order valence-electron chi connectivity index (χ0n) is 8.42. The molecular weight excluding hydrogens is 166 g/mol. The first kappa shape index (κ1) is 10.5. The zero-order valence-corrected chi connectivity index (χ0v) is 8.42. The van der Waals surface area contributed by atoms with E-state index in [0.717, 1.165) is 13.1 Å². The van der Waals surface area contributed by atoms with Crippen LogP contribution >= 0.6 is 0 Å². The average Bonchev–Trinajstić information content (AvgIpc) is 2.29. The molecule has 0 aromatic heterocycles. The second-order valence-electron chi connectivity index (χ2n) is 3.47. The van der Waals surface area contributed by atoms with Gasteiger partial charge in [0.25, 0.3) is 0 Å². The average molecular weight is 184 g/mol. The van der Waals surface area contributed by atoms with Crippen LogP contribution < -0.4 is 10.7 Å². The van der Waals surface area contributed by atoms with Crippen LogP contribution in [0.1, 0.15) is 33.1 Å². The normalized spacial score (nSPS) is 22.0. The molecule has 0 spiro atoms. The van der Waals surface area contributed by atoms with Gasteiger partial charge < -0.3 is 5.32 Å². The fraction of sp³-hybridized carbons (Fsp3) is 0.889. The van der Waals surface area contributed by atoms with Gasteiger partial charge in [-0.3, -0.25) is 4.79 Å². The zero-order chi connectivity index (χ0) is 9.68. The van der Waals surface area contributed by atoms with Crippen molar-refractivity contribution >= 4 is 5.91 Å². The summed E-state index contributed by atoms with van der Waals surface area (Å²) in [6.45, 7) is 5.36. The van der Waals surface area contributed by atoms with Gasteiger partial charge in [0.1, 0.15) is 0 Å². The molecule has 1 heterocycles. The molecule has 4 heteroatoms. The third kappa shape index (κ3) is 3.74. The Hall–Kier alpha value is -0.610. The molecule has 1 radical (unpaired) electrons. The van der Waals surface area contributed by atoms with Gasteiger partial charge >= 0.3 is 0 Å². The smallest absolute Gasteiger partial charge is 0.218 e. The van der Waals surface area contributed by atoms with Crippen molar-refractivity contribution in [3.05, 3.63) is 0 Å². The Labute approximate surface area is 79.6 Å². The Kier molecular flexibility index (Phi) is 4.18. The lowest BCUT2D eigenvalue weighted by Crippen LogP contribution is -2.49. The molecule has 0 bridgehead atoms. The predicted molar refractivity (Wildman–Crippen MR) is 50.8 cm³/mol. The molecule has 1 aliphatic heterocycles. The van der Waals surface area contributed by atoms with Crippen LogP contribution in [0.5, 0.6) is 0 Å². The summed E-state index contributed by atoms with van der Waals surface area (Å²) < 4.78 is 0. The molecule has 1 amide bonds. The summed E-state index contributed by atoms with van der Waals surface area (Å²) in [5.41, 5.74) is 4.39. The van der Waals surface area contributed by atoms with Crippen molar-refractivity contribution in [1.29, 1.82) is 0 Å². The Morgan fingerprint density at radius 3 is 2.92 bits per heavy atom. The second-order valence-corrected chi connectivity index (χ2v) is 3.47. The molecule has 1 unspecified atom stereocenters. The largest absolute Gasteiger partial charge is 0.340 e. The molecule has 13 heavy (non-hydrogen) atoms. The van der Waals surface area contributed by atoms with Crippen molar-refractivity contribution in [3.63, 3.8) is 0 Å². The lowest BCUT2D eigenvalue weighted by molar-refractivity contribution is -0.121. The molecule has 1 fully saturated rings. The number of hydrogen-bond donors (Lipinski definition) is 1. The minimum atomic E-state index is 0.00643. The Balaban J connectivity index is 2.34. The lowest BCUT2D eigenvalue weighted by Gasteiger charge is -2.26. The lowest BCUT2D eigenvalue weighted by atomic mass is 10.2. The molecular formula is C9H18N3O. The van der Waals surface area contributed by atoms with Crippen molar-refractivity contribution in [1.82, 2.24) is 15.8 Å². The maximum atomic E-state index is 10.8. The fourth-order valence-electron chi connectivity index (χ4n) is 1.52. The van der Waals surface area contributed by atoms with Crippen LogP contribution in [0.25, 0.3) is 0 Å². The first-order valence-corrected chi connectivity index (χ1v) is 4.91. The van der Waals surface area contributed by atoms with Crippen LogP contribution in [0.15, 0.2) is 0 Å². The van der Waals surface area contributed by atoms with E-state index in [-0.39, 0.29) is 12.1 Å². The topological polar surface area (TPSA) is 46.4 Å². The van der Waals surface area contributed by atoms with Crippen LogP contribution in [0.3, 0.4) is 0 Å². The van der Waals surface area contributed by atoms with Gasteiger partial charge in [-0.1, -0.05) is 6.42 Å². The third-order valence-electron chi connectivity index (χ3n) is 2.19. The molecule has 1 atom stereocenters. The van der Waals surface area contributed by atoms with Gasteiger partial charge in [-0.05, 0) is 19.8 Å². The monoisotopic (exact) mass is 184 g/mol. The summed E-state index contributed by atoms with van der Waals surface area (Å²) in [7, 11) is 0. The van der Waals surface area contributed by atoms with Crippen LogP contribution in [0.4, 0.5) is 0 Å². The molecule has 1 saturated heterocycles. The number of amides is 1. The summed E-state index contributed by atoms with van der Waals surface area (Å²) in [5, 5.41) is 4.81. The highest BCUT2D eigenvalue weighted by Gasteiger charge is 2.16. The number of hydrogen-bond acceptors (Lipinski definition) is 2. The van der Waals surface area contributed by atoms with E-state index in [1.807, 2.05) is 11.9 Å². The maximum absolute atomic E-state index is 10.8. The van der Waals surface area contributed by atoms with Gasteiger partial charge in [-0.25, -0.2) is 5.01 Å². The minimum Gasteiger partial charge on any atom is -0.340 e.